The van der Waals surface area contributed by atoms with Gasteiger partial charge in [0.1, 0.15) is 0 Å². The van der Waals surface area contributed by atoms with Gasteiger partial charge in [0.05, 0.1) is 0 Å². The van der Waals surface area contributed by atoms with Crippen LogP contribution >= 0.6 is 0 Å². The Bertz CT molecular complexity index is 524. The van der Waals surface area contributed by atoms with Crippen molar-refractivity contribution in [2.45, 2.75) is 0 Å². The van der Waals surface area contributed by atoms with Crippen LogP contribution in [0.1, 0.15) is 5.82 Å². The van der Waals surface area contributed by atoms with E-state index in [2.05, 4.69) is 21.3 Å². The molecule has 1 N–H and O–H groups in total. The van der Waals surface area contributed by atoms with Crippen LogP contribution in [0.2, 0.25) is 0 Å². The summed E-state index contributed by atoms with van der Waals surface area (Å²) in [6.07, 6.45) is 0. The van der Waals surface area contributed by atoms with Crippen molar-refractivity contribution in [1.29, 1.82) is 5.26 Å². The van der Waals surface area contributed by atoms with E-state index in [9.17, 15) is 0 Å². The Kier molecular flexibility index (Phi) is 2.88. The number of benzene rings is 1. The summed E-state index contributed by atoms with van der Waals surface area (Å²) < 4.78 is 0.582. The number of nitrogens with zero attached hydrogens (tertiary/aromatic N) is 3. The summed E-state index contributed by atoms with van der Waals surface area (Å²) in [4.78, 5) is 4.24. The first-order valence-electron chi connectivity index (χ1n) is 4.25. The SMILES string of the molecule is N#C[C](=[Nb])c1nc(-c2ccccc2)n[nH]1. The van der Waals surface area contributed by atoms with Crippen molar-refractivity contribution in [3.8, 4) is 17.5 Å². The molecule has 0 spiro atoms. The maximum atomic E-state index is 8.71. The van der Waals surface area contributed by atoms with Crippen LogP contribution in [-0.4, -0.2) is 18.9 Å². The molecule has 0 saturated carbocycles. The molecule has 2 rings (SSSR count). The van der Waals surface area contributed by atoms with Gasteiger partial charge in [-0.25, -0.2) is 0 Å². The fourth-order valence-corrected chi connectivity index (χ4v) is 1.38. The molecule has 1 aromatic heterocycles. The predicted molar refractivity (Wildman–Crippen MR) is 51.5 cm³/mol. The summed E-state index contributed by atoms with van der Waals surface area (Å²) in [6.45, 7) is 0. The zero-order valence-corrected chi connectivity index (χ0v) is 9.87. The van der Waals surface area contributed by atoms with Gasteiger partial charge < -0.3 is 0 Å². The molecular weight excluding hydrogens is 269 g/mol. The molecule has 15 heavy (non-hydrogen) atoms. The van der Waals surface area contributed by atoms with Gasteiger partial charge in [0, 0.05) is 0 Å². The first-order chi connectivity index (χ1) is 7.31. The molecule has 0 saturated heterocycles. The van der Waals surface area contributed by atoms with Crippen LogP contribution < -0.4 is 0 Å². The molecule has 0 unspecified atom stereocenters. The summed E-state index contributed by atoms with van der Waals surface area (Å²) >= 11 is 1.33. The van der Waals surface area contributed by atoms with Gasteiger partial charge in [-0.15, -0.1) is 0 Å². The van der Waals surface area contributed by atoms with Crippen molar-refractivity contribution in [2.24, 2.45) is 0 Å². The summed E-state index contributed by atoms with van der Waals surface area (Å²) in [5, 5.41) is 15.5. The van der Waals surface area contributed by atoms with Crippen molar-refractivity contribution in [3.63, 3.8) is 0 Å². The van der Waals surface area contributed by atoms with Gasteiger partial charge in [-0.2, -0.15) is 0 Å². The molecule has 0 fully saturated rings. The van der Waals surface area contributed by atoms with E-state index in [0.29, 0.717) is 15.4 Å². The first kappa shape index (κ1) is 9.99. The Morgan fingerprint density at radius 1 is 1.33 bits per heavy atom. The van der Waals surface area contributed by atoms with Crippen LogP contribution in [0.4, 0.5) is 0 Å². The first-order valence-corrected chi connectivity index (χ1v) is 5.35. The number of nitriles is 1. The van der Waals surface area contributed by atoms with Crippen molar-refractivity contribution in [3.05, 3.63) is 36.2 Å². The molecule has 1 aromatic carbocycles. The average Bonchev–Trinajstić information content (AvgIpc) is 2.78. The summed E-state index contributed by atoms with van der Waals surface area (Å²) in [5.41, 5.74) is 0.941. The molecule has 0 aliphatic rings. The molecular formula is C10H6N4Nb. The van der Waals surface area contributed by atoms with E-state index < -0.39 is 0 Å². The van der Waals surface area contributed by atoms with Gasteiger partial charge in [-0.3, -0.25) is 0 Å². The summed E-state index contributed by atoms with van der Waals surface area (Å²) in [5.74, 6) is 1.17. The number of aromatic nitrogens is 3. The third kappa shape index (κ3) is 2.10. The normalized spacial score (nSPS) is 9.47. The Balaban J connectivity index is 2.37. The molecule has 2 aromatic rings. The van der Waals surface area contributed by atoms with Gasteiger partial charge in [0.25, 0.3) is 0 Å². The summed E-state index contributed by atoms with van der Waals surface area (Å²) in [6, 6.07) is 11.7. The number of aromatic amines is 1. The van der Waals surface area contributed by atoms with Gasteiger partial charge in [-0.1, -0.05) is 0 Å². The summed E-state index contributed by atoms with van der Waals surface area (Å²) in [7, 11) is 0. The molecule has 0 amide bonds. The number of H-pyrrole nitrogens is 1. The minimum atomic E-state index is 0.547. The molecule has 0 radical (unpaired) electrons. The molecule has 1 heterocycles. The third-order valence-corrected chi connectivity index (χ3v) is 2.61. The Hall–Kier alpha value is -1.54. The molecule has 71 valence electrons. The second kappa shape index (κ2) is 4.32. The topological polar surface area (TPSA) is 65.4 Å². The number of nitrogens with one attached hydrogen (secondary N) is 1. The van der Waals surface area contributed by atoms with Crippen LogP contribution in [0, 0.1) is 11.3 Å². The monoisotopic (exact) mass is 275 g/mol. The fraction of sp³-hybridized carbons (Fsp3) is 0. The predicted octanol–water partition coefficient (Wildman–Crippen LogP) is 1.06. The van der Waals surface area contributed by atoms with Crippen LogP contribution in [0.15, 0.2) is 30.3 Å². The Morgan fingerprint density at radius 3 is 2.73 bits per heavy atom. The standard InChI is InChI=1S/C10H6N4.Nb/c11-7-6-9-12-10(14-13-9)8-4-2-1-3-5-8;/h1-5H,(H,12,13,14);. The van der Waals surface area contributed by atoms with Crippen molar-refractivity contribution < 1.29 is 20.6 Å². The third-order valence-electron chi connectivity index (χ3n) is 1.85. The zero-order chi connectivity index (χ0) is 10.7. The van der Waals surface area contributed by atoms with Gasteiger partial charge in [-0.05, 0) is 0 Å². The van der Waals surface area contributed by atoms with Gasteiger partial charge in [0.15, 0.2) is 0 Å². The molecule has 0 aliphatic carbocycles. The van der Waals surface area contributed by atoms with E-state index in [1.54, 1.807) is 0 Å². The molecule has 0 aliphatic heterocycles. The average molecular weight is 275 g/mol. The van der Waals surface area contributed by atoms with E-state index in [-0.39, 0.29) is 0 Å². The van der Waals surface area contributed by atoms with E-state index >= 15 is 0 Å². The minimum absolute atomic E-state index is 0.547. The van der Waals surface area contributed by atoms with Crippen molar-refractivity contribution in [1.82, 2.24) is 15.2 Å². The molecule has 5 heteroatoms. The molecule has 4 nitrogen and oxygen atoms in total. The zero-order valence-electron chi connectivity index (χ0n) is 7.68. The quantitative estimate of drug-likeness (QED) is 0.833. The molecule has 0 atom stereocenters. The van der Waals surface area contributed by atoms with Crippen LogP contribution in [0.5, 0.6) is 0 Å². The van der Waals surface area contributed by atoms with Crippen molar-refractivity contribution >= 4 is 3.72 Å². The number of hydrogen-bond donors (Lipinski definition) is 1. The van der Waals surface area contributed by atoms with E-state index in [1.165, 1.54) is 20.6 Å². The van der Waals surface area contributed by atoms with Crippen LogP contribution in [-0.2, 0) is 20.6 Å². The van der Waals surface area contributed by atoms with E-state index in [1.807, 2.05) is 30.3 Å². The van der Waals surface area contributed by atoms with Crippen molar-refractivity contribution in [2.75, 3.05) is 0 Å². The van der Waals surface area contributed by atoms with Gasteiger partial charge >= 0.3 is 98.4 Å². The van der Waals surface area contributed by atoms with E-state index in [4.69, 9.17) is 5.26 Å². The van der Waals surface area contributed by atoms with Gasteiger partial charge in [0.2, 0.25) is 0 Å². The second-order valence-corrected chi connectivity index (χ2v) is 3.93. The Morgan fingerprint density at radius 2 is 2.07 bits per heavy atom. The van der Waals surface area contributed by atoms with E-state index in [0.717, 1.165) is 5.56 Å². The maximum absolute atomic E-state index is 8.71. The number of rotatable bonds is 2. The molecule has 0 bridgehead atoms. The fourth-order valence-electron chi connectivity index (χ4n) is 1.14. The second-order valence-electron chi connectivity index (χ2n) is 2.83. The van der Waals surface area contributed by atoms with Crippen LogP contribution in [0.3, 0.4) is 0 Å². The number of hydrogen-bond acceptors (Lipinski definition) is 3. The Labute approximate surface area is 98.4 Å². The van der Waals surface area contributed by atoms with Crippen LogP contribution in [0.25, 0.3) is 11.4 Å².